The number of carbonyl (C=O) groups excluding carboxylic acids is 2. The van der Waals surface area contributed by atoms with E-state index in [-0.39, 0.29) is 18.0 Å². The number of amides is 3. The summed E-state index contributed by atoms with van der Waals surface area (Å²) in [5.41, 5.74) is 2.23. The fourth-order valence-electron chi connectivity index (χ4n) is 4.60. The molecule has 5 rings (SSSR count). The zero-order chi connectivity index (χ0) is 22.8. The van der Waals surface area contributed by atoms with Gasteiger partial charge in [-0.15, -0.1) is 0 Å². The summed E-state index contributed by atoms with van der Waals surface area (Å²) in [5.74, 6) is 0.482. The van der Waals surface area contributed by atoms with Gasteiger partial charge >= 0.3 is 6.03 Å². The van der Waals surface area contributed by atoms with Gasteiger partial charge in [0.25, 0.3) is 5.91 Å². The molecule has 0 unspecified atom stereocenters. The molecule has 0 atom stereocenters. The average Bonchev–Trinajstić information content (AvgIpc) is 3.11. The second-order valence-corrected chi connectivity index (χ2v) is 9.47. The van der Waals surface area contributed by atoms with Crippen molar-refractivity contribution in [1.29, 1.82) is 0 Å². The van der Waals surface area contributed by atoms with E-state index < -0.39 is 0 Å². The first kappa shape index (κ1) is 21.7. The molecule has 168 valence electrons. The molecule has 2 fully saturated rings. The van der Waals surface area contributed by atoms with Crippen LogP contribution in [0.3, 0.4) is 0 Å². The zero-order valence-electron chi connectivity index (χ0n) is 18.2. The quantitative estimate of drug-likeness (QED) is 0.322. The van der Waals surface area contributed by atoms with Crippen LogP contribution in [0.15, 0.2) is 70.8 Å². The van der Waals surface area contributed by atoms with E-state index in [1.807, 2.05) is 30.3 Å². The van der Waals surface area contributed by atoms with Gasteiger partial charge in [-0.1, -0.05) is 61.7 Å². The second-order valence-electron chi connectivity index (χ2n) is 8.62. The van der Waals surface area contributed by atoms with Crippen molar-refractivity contribution in [2.45, 2.75) is 44.8 Å². The first-order valence-electron chi connectivity index (χ1n) is 11.3. The highest BCUT2D eigenvalue weighted by Gasteiger charge is 2.38. The van der Waals surface area contributed by atoms with Gasteiger partial charge in [-0.2, -0.15) is 0 Å². The van der Waals surface area contributed by atoms with Crippen molar-refractivity contribution >= 4 is 44.7 Å². The van der Waals surface area contributed by atoms with E-state index in [0.29, 0.717) is 12.3 Å². The normalized spacial score (nSPS) is 18.2. The molecule has 3 amide bonds. The molecule has 0 bridgehead atoms. The van der Waals surface area contributed by atoms with Crippen molar-refractivity contribution in [2.24, 2.45) is 0 Å². The highest BCUT2D eigenvalue weighted by Crippen LogP contribution is 2.30. The molecule has 3 aromatic rings. The van der Waals surface area contributed by atoms with E-state index in [4.69, 9.17) is 4.74 Å². The van der Waals surface area contributed by atoms with Crippen LogP contribution >= 0.6 is 15.9 Å². The smallest absolute Gasteiger partial charge is 0.329 e. The monoisotopic (exact) mass is 504 g/mol. The van der Waals surface area contributed by atoms with Crippen LogP contribution < -0.4 is 10.1 Å². The van der Waals surface area contributed by atoms with Crippen molar-refractivity contribution in [3.63, 3.8) is 0 Å². The number of halogens is 1. The number of ether oxygens (including phenoxy) is 1. The Labute approximate surface area is 201 Å². The third-order valence-electron chi connectivity index (χ3n) is 6.32. The van der Waals surface area contributed by atoms with Crippen LogP contribution in [0.4, 0.5) is 4.79 Å². The maximum absolute atomic E-state index is 12.9. The molecule has 0 radical (unpaired) electrons. The van der Waals surface area contributed by atoms with Gasteiger partial charge in [-0.05, 0) is 74.9 Å². The standard InChI is InChI=1S/C27H25BrN2O3/c28-23-15-18(16-24-26(31)30(27(32)29-24)22-8-2-1-3-9-22)11-13-25(23)33-17-19-10-12-20-6-4-5-7-21(20)14-19/h4-7,10-16,22H,1-3,8-9,17H2,(H,29,32)/b24-16-. The van der Waals surface area contributed by atoms with Gasteiger partial charge in [0.05, 0.1) is 4.47 Å². The lowest BCUT2D eigenvalue weighted by molar-refractivity contribution is -0.124. The van der Waals surface area contributed by atoms with E-state index >= 15 is 0 Å². The Morgan fingerprint density at radius 3 is 2.55 bits per heavy atom. The number of imide groups is 1. The Morgan fingerprint density at radius 1 is 0.970 bits per heavy atom. The van der Waals surface area contributed by atoms with E-state index in [1.54, 1.807) is 6.08 Å². The maximum atomic E-state index is 12.9. The molecule has 1 N–H and O–H groups in total. The zero-order valence-corrected chi connectivity index (χ0v) is 19.8. The van der Waals surface area contributed by atoms with Gasteiger partial charge in [-0.25, -0.2) is 4.79 Å². The molecular weight excluding hydrogens is 480 g/mol. The van der Waals surface area contributed by atoms with E-state index in [1.165, 1.54) is 22.1 Å². The highest BCUT2D eigenvalue weighted by molar-refractivity contribution is 9.10. The van der Waals surface area contributed by atoms with Crippen LogP contribution in [0.1, 0.15) is 43.2 Å². The number of nitrogens with one attached hydrogen (secondary N) is 1. The Kier molecular flexibility index (Phi) is 6.18. The number of urea groups is 1. The van der Waals surface area contributed by atoms with Gasteiger partial charge in [0.2, 0.25) is 0 Å². The highest BCUT2D eigenvalue weighted by atomic mass is 79.9. The van der Waals surface area contributed by atoms with Crippen LogP contribution in [-0.2, 0) is 11.4 Å². The van der Waals surface area contributed by atoms with Crippen LogP contribution in [0.2, 0.25) is 0 Å². The van der Waals surface area contributed by atoms with E-state index in [9.17, 15) is 9.59 Å². The Bertz CT molecular complexity index is 1250. The number of benzene rings is 3. The molecule has 1 saturated heterocycles. The van der Waals surface area contributed by atoms with Crippen LogP contribution in [0.5, 0.6) is 5.75 Å². The van der Waals surface area contributed by atoms with E-state index in [0.717, 1.165) is 47.0 Å². The van der Waals surface area contributed by atoms with Crippen molar-refractivity contribution in [1.82, 2.24) is 10.2 Å². The Morgan fingerprint density at radius 2 is 1.76 bits per heavy atom. The summed E-state index contributed by atoms with van der Waals surface area (Å²) in [6, 6.07) is 19.9. The summed E-state index contributed by atoms with van der Waals surface area (Å²) >= 11 is 3.57. The molecule has 6 heteroatoms. The molecule has 1 aliphatic carbocycles. The molecule has 5 nitrogen and oxygen atoms in total. The van der Waals surface area contributed by atoms with Crippen molar-refractivity contribution in [3.05, 3.63) is 82.0 Å². The number of rotatable bonds is 5. The van der Waals surface area contributed by atoms with Crippen LogP contribution in [-0.4, -0.2) is 22.9 Å². The number of hydrogen-bond acceptors (Lipinski definition) is 3. The lowest BCUT2D eigenvalue weighted by atomic mass is 9.94. The minimum atomic E-state index is -0.312. The van der Waals surface area contributed by atoms with Crippen molar-refractivity contribution in [3.8, 4) is 5.75 Å². The third kappa shape index (κ3) is 4.67. The molecule has 0 aromatic heterocycles. The predicted molar refractivity (Wildman–Crippen MR) is 133 cm³/mol. The fraction of sp³-hybridized carbons (Fsp3) is 0.259. The summed E-state index contributed by atoms with van der Waals surface area (Å²) in [7, 11) is 0. The fourth-order valence-corrected chi connectivity index (χ4v) is 5.11. The molecular formula is C27H25BrN2O3. The summed E-state index contributed by atoms with van der Waals surface area (Å²) in [6.07, 6.45) is 6.80. The molecule has 0 spiro atoms. The summed E-state index contributed by atoms with van der Waals surface area (Å²) < 4.78 is 6.81. The second kappa shape index (κ2) is 9.40. The summed E-state index contributed by atoms with van der Waals surface area (Å²) in [6.45, 7) is 0.453. The lowest BCUT2D eigenvalue weighted by Gasteiger charge is -2.28. The number of carbonyl (C=O) groups is 2. The molecule has 2 aliphatic rings. The van der Waals surface area contributed by atoms with Gasteiger partial charge in [-0.3, -0.25) is 9.69 Å². The van der Waals surface area contributed by atoms with E-state index in [2.05, 4.69) is 51.6 Å². The Balaban J connectivity index is 1.28. The molecule has 33 heavy (non-hydrogen) atoms. The van der Waals surface area contributed by atoms with Gasteiger partial charge in [0.15, 0.2) is 0 Å². The number of hydrogen-bond donors (Lipinski definition) is 1. The van der Waals surface area contributed by atoms with Gasteiger partial charge in [0.1, 0.15) is 18.1 Å². The molecule has 1 saturated carbocycles. The maximum Gasteiger partial charge on any atom is 0.329 e. The van der Waals surface area contributed by atoms with Crippen molar-refractivity contribution < 1.29 is 14.3 Å². The summed E-state index contributed by atoms with van der Waals surface area (Å²) in [5, 5.41) is 5.14. The number of nitrogens with zero attached hydrogens (tertiary/aromatic N) is 1. The first-order valence-corrected chi connectivity index (χ1v) is 12.1. The molecule has 1 aliphatic heterocycles. The SMILES string of the molecule is O=C1N/C(=C\c2ccc(OCc3ccc4ccccc4c3)c(Br)c2)C(=O)N1C1CCCCC1. The molecule has 1 heterocycles. The Hall–Kier alpha value is -3.12. The predicted octanol–water partition coefficient (Wildman–Crippen LogP) is 6.41. The average molecular weight is 505 g/mol. The molecule has 3 aromatic carbocycles. The minimum Gasteiger partial charge on any atom is -0.488 e. The minimum absolute atomic E-state index is 0.00905. The van der Waals surface area contributed by atoms with Gasteiger partial charge in [0, 0.05) is 6.04 Å². The first-order chi connectivity index (χ1) is 16.1. The van der Waals surface area contributed by atoms with Gasteiger partial charge < -0.3 is 10.1 Å². The van der Waals surface area contributed by atoms with Crippen LogP contribution in [0.25, 0.3) is 16.8 Å². The lowest BCUT2D eigenvalue weighted by Crippen LogP contribution is -2.41. The van der Waals surface area contributed by atoms with Crippen molar-refractivity contribution in [2.75, 3.05) is 0 Å². The number of fused-ring (bicyclic) bond motifs is 1. The third-order valence-corrected chi connectivity index (χ3v) is 6.94. The topological polar surface area (TPSA) is 58.6 Å². The van der Waals surface area contributed by atoms with Crippen LogP contribution in [0, 0.1) is 0 Å². The summed E-state index contributed by atoms with van der Waals surface area (Å²) in [4.78, 5) is 26.7. The largest absolute Gasteiger partial charge is 0.488 e.